The predicted octanol–water partition coefficient (Wildman–Crippen LogP) is 3.39. The number of thiazole rings is 1. The second-order valence-electron chi connectivity index (χ2n) is 8.74. The molecule has 0 radical (unpaired) electrons. The van der Waals surface area contributed by atoms with Gasteiger partial charge in [0.05, 0.1) is 22.5 Å². The number of benzene rings is 2. The standard InChI is InChI=1S/C28H21N3O4S2/c1-16-21(27(34)35-15-17-9-4-3-5-10-17)23(20-13-8-14-36-20)31-26(33)24(37-28(31)29-16)22-18-11-6-7-12-19(18)30(2)25(22)32/h3-14,23H,15H2,1-2H3/b24-22-. The van der Waals surface area contributed by atoms with Gasteiger partial charge in [-0.3, -0.25) is 14.2 Å². The monoisotopic (exact) mass is 527 g/mol. The van der Waals surface area contributed by atoms with Crippen molar-refractivity contribution in [2.45, 2.75) is 19.6 Å². The highest BCUT2D eigenvalue weighted by Gasteiger charge is 2.36. The van der Waals surface area contributed by atoms with E-state index < -0.39 is 12.0 Å². The van der Waals surface area contributed by atoms with Gasteiger partial charge in [-0.15, -0.1) is 11.3 Å². The van der Waals surface area contributed by atoms with Gasteiger partial charge in [-0.05, 0) is 30.0 Å². The lowest BCUT2D eigenvalue weighted by Crippen LogP contribution is -2.40. The van der Waals surface area contributed by atoms with E-state index >= 15 is 0 Å². The Hall–Kier alpha value is -4.08. The highest BCUT2D eigenvalue weighted by atomic mass is 32.1. The maximum atomic E-state index is 14.0. The minimum absolute atomic E-state index is 0.111. The molecule has 184 valence electrons. The molecule has 1 atom stereocenters. The number of nitrogens with zero attached hydrogens (tertiary/aromatic N) is 3. The van der Waals surface area contributed by atoms with E-state index in [1.54, 1.807) is 18.9 Å². The molecule has 37 heavy (non-hydrogen) atoms. The number of fused-ring (bicyclic) bond motifs is 2. The Kier molecular flexibility index (Phi) is 5.73. The largest absolute Gasteiger partial charge is 0.457 e. The summed E-state index contributed by atoms with van der Waals surface area (Å²) in [5.41, 5.74) is 3.15. The molecule has 1 amide bonds. The Morgan fingerprint density at radius 2 is 1.78 bits per heavy atom. The van der Waals surface area contributed by atoms with Gasteiger partial charge in [-0.25, -0.2) is 9.79 Å². The van der Waals surface area contributed by atoms with Gasteiger partial charge >= 0.3 is 5.97 Å². The van der Waals surface area contributed by atoms with Crippen LogP contribution in [0.3, 0.4) is 0 Å². The third kappa shape index (κ3) is 3.78. The molecule has 0 spiro atoms. The van der Waals surface area contributed by atoms with Crippen molar-refractivity contribution in [1.29, 1.82) is 0 Å². The van der Waals surface area contributed by atoms with Crippen molar-refractivity contribution in [2.24, 2.45) is 4.99 Å². The number of rotatable bonds is 4. The Morgan fingerprint density at radius 1 is 1.03 bits per heavy atom. The van der Waals surface area contributed by atoms with Crippen LogP contribution in [0.15, 0.2) is 93.2 Å². The summed E-state index contributed by atoms with van der Waals surface area (Å²) in [6.07, 6.45) is 0. The molecule has 2 aliphatic rings. The van der Waals surface area contributed by atoms with Gasteiger partial charge in [0.2, 0.25) is 0 Å². The van der Waals surface area contributed by atoms with Crippen LogP contribution in [-0.2, 0) is 20.9 Å². The number of allylic oxidation sites excluding steroid dienone is 1. The average Bonchev–Trinajstić information content (AvgIpc) is 3.61. The zero-order chi connectivity index (χ0) is 25.7. The summed E-state index contributed by atoms with van der Waals surface area (Å²) in [7, 11) is 1.70. The number of carbonyl (C=O) groups is 2. The second kappa shape index (κ2) is 9.10. The van der Waals surface area contributed by atoms with Crippen molar-refractivity contribution in [3.8, 4) is 0 Å². The molecule has 2 aromatic heterocycles. The van der Waals surface area contributed by atoms with E-state index in [4.69, 9.17) is 4.74 Å². The number of aromatic nitrogens is 1. The van der Waals surface area contributed by atoms with Crippen molar-refractivity contribution < 1.29 is 14.3 Å². The van der Waals surface area contributed by atoms with E-state index in [0.717, 1.165) is 16.1 Å². The van der Waals surface area contributed by atoms with Crippen LogP contribution in [0, 0.1) is 0 Å². The normalized spacial score (nSPS) is 17.9. The van der Waals surface area contributed by atoms with Crippen LogP contribution >= 0.6 is 22.7 Å². The summed E-state index contributed by atoms with van der Waals surface area (Å²) in [5, 5.41) is 1.90. The topological polar surface area (TPSA) is 81.0 Å². The van der Waals surface area contributed by atoms with Crippen LogP contribution in [0.5, 0.6) is 0 Å². The summed E-state index contributed by atoms with van der Waals surface area (Å²) in [6.45, 7) is 1.86. The molecule has 0 saturated carbocycles. The van der Waals surface area contributed by atoms with E-state index in [2.05, 4.69) is 4.99 Å². The van der Waals surface area contributed by atoms with Crippen molar-refractivity contribution in [1.82, 2.24) is 4.57 Å². The Bertz CT molecular complexity index is 1770. The van der Waals surface area contributed by atoms with Gasteiger partial charge in [0.1, 0.15) is 17.2 Å². The van der Waals surface area contributed by atoms with Crippen LogP contribution < -0.4 is 19.8 Å². The summed E-state index contributed by atoms with van der Waals surface area (Å²) in [4.78, 5) is 48.1. The number of thiophene rings is 1. The molecule has 1 unspecified atom stereocenters. The highest BCUT2D eigenvalue weighted by molar-refractivity contribution is 7.10. The maximum absolute atomic E-state index is 14.0. The van der Waals surface area contributed by atoms with E-state index in [1.807, 2.05) is 72.1 Å². The van der Waals surface area contributed by atoms with Crippen molar-refractivity contribution in [3.05, 3.63) is 119 Å². The van der Waals surface area contributed by atoms with E-state index in [9.17, 15) is 14.4 Å². The third-order valence-electron chi connectivity index (χ3n) is 6.52. The fraction of sp³-hybridized carbons (Fsp3) is 0.143. The summed E-state index contributed by atoms with van der Waals surface area (Å²) >= 11 is 2.62. The molecule has 9 heteroatoms. The van der Waals surface area contributed by atoms with Gasteiger partial charge in [-0.1, -0.05) is 65.9 Å². The number of ether oxygens (including phenoxy) is 1. The fourth-order valence-corrected chi connectivity index (χ4v) is 6.70. The molecule has 0 bridgehead atoms. The van der Waals surface area contributed by atoms with Crippen LogP contribution in [0.25, 0.3) is 5.57 Å². The molecule has 0 saturated heterocycles. The Morgan fingerprint density at radius 3 is 2.54 bits per heavy atom. The molecule has 4 aromatic rings. The SMILES string of the molecule is CC1=C(C(=O)OCc2ccccc2)C(c2cccs2)n2c(s/c(=C3\C(=O)N(C)c4ccccc43)c2=O)=N1. The van der Waals surface area contributed by atoms with Crippen molar-refractivity contribution in [3.63, 3.8) is 0 Å². The number of carbonyl (C=O) groups excluding carboxylic acids is 2. The average molecular weight is 528 g/mol. The predicted molar refractivity (Wildman–Crippen MR) is 143 cm³/mol. The quantitative estimate of drug-likeness (QED) is 0.381. The van der Waals surface area contributed by atoms with Crippen LogP contribution in [0.4, 0.5) is 5.69 Å². The lowest BCUT2D eigenvalue weighted by Gasteiger charge is -2.23. The third-order valence-corrected chi connectivity index (χ3v) is 8.50. The van der Waals surface area contributed by atoms with Gasteiger partial charge in [0.15, 0.2) is 4.80 Å². The van der Waals surface area contributed by atoms with Crippen LogP contribution in [0.1, 0.15) is 29.0 Å². The lowest BCUT2D eigenvalue weighted by atomic mass is 10.0. The van der Waals surface area contributed by atoms with Gasteiger partial charge in [0.25, 0.3) is 11.5 Å². The van der Waals surface area contributed by atoms with E-state index in [1.165, 1.54) is 27.2 Å². The molecule has 0 aliphatic carbocycles. The minimum atomic E-state index is -0.696. The Labute approximate surface area is 219 Å². The number of hydrogen-bond acceptors (Lipinski definition) is 7. The highest BCUT2D eigenvalue weighted by Crippen LogP contribution is 2.35. The van der Waals surface area contributed by atoms with E-state index in [0.29, 0.717) is 31.7 Å². The molecular weight excluding hydrogens is 506 g/mol. The van der Waals surface area contributed by atoms with Crippen molar-refractivity contribution in [2.75, 3.05) is 11.9 Å². The molecule has 0 fully saturated rings. The number of amides is 1. The molecule has 4 heterocycles. The van der Waals surface area contributed by atoms with Gasteiger partial charge in [-0.2, -0.15) is 0 Å². The number of likely N-dealkylation sites (N-methyl/N-ethyl adjacent to an activating group) is 1. The van der Waals surface area contributed by atoms with Crippen molar-refractivity contribution >= 4 is 45.8 Å². The summed E-state index contributed by atoms with van der Waals surface area (Å²) in [5.74, 6) is -0.763. The number of hydrogen-bond donors (Lipinski definition) is 0. The fourth-order valence-electron chi connectivity index (χ4n) is 4.74. The number of para-hydroxylation sites is 1. The van der Waals surface area contributed by atoms with Crippen LogP contribution in [0.2, 0.25) is 0 Å². The molecule has 2 aromatic carbocycles. The Balaban J connectivity index is 1.51. The molecular formula is C28H21N3O4S2. The first-order valence-corrected chi connectivity index (χ1v) is 13.3. The first-order valence-electron chi connectivity index (χ1n) is 11.6. The second-order valence-corrected chi connectivity index (χ2v) is 10.7. The number of anilines is 1. The summed E-state index contributed by atoms with van der Waals surface area (Å²) < 4.78 is 7.52. The maximum Gasteiger partial charge on any atom is 0.338 e. The summed E-state index contributed by atoms with van der Waals surface area (Å²) in [6, 6.07) is 19.9. The first kappa shape index (κ1) is 23.3. The minimum Gasteiger partial charge on any atom is -0.457 e. The van der Waals surface area contributed by atoms with Crippen LogP contribution in [-0.4, -0.2) is 23.5 Å². The zero-order valence-electron chi connectivity index (χ0n) is 20.0. The first-order chi connectivity index (χ1) is 18.0. The molecule has 0 N–H and O–H groups in total. The van der Waals surface area contributed by atoms with Gasteiger partial charge < -0.3 is 9.64 Å². The molecule has 6 rings (SSSR count). The van der Waals surface area contributed by atoms with E-state index in [-0.39, 0.29) is 18.1 Å². The smallest absolute Gasteiger partial charge is 0.338 e. The molecule has 7 nitrogen and oxygen atoms in total. The zero-order valence-corrected chi connectivity index (χ0v) is 21.6. The lowest BCUT2D eigenvalue weighted by molar-refractivity contribution is -0.140. The molecule has 2 aliphatic heterocycles. The van der Waals surface area contributed by atoms with Gasteiger partial charge in [0, 0.05) is 17.5 Å². The number of esters is 1.